The molecule has 0 aromatic heterocycles. The van der Waals surface area contributed by atoms with Crippen LogP contribution in [0, 0.1) is 18.3 Å². The Morgan fingerprint density at radius 3 is 2.89 bits per heavy atom. The van der Waals surface area contributed by atoms with Gasteiger partial charge in [0.1, 0.15) is 11.9 Å². The highest BCUT2D eigenvalue weighted by molar-refractivity contribution is 6.32. The monoisotopic (exact) mass is 381 g/mol. The van der Waals surface area contributed by atoms with Crippen LogP contribution in [0.3, 0.4) is 0 Å². The average Bonchev–Trinajstić information content (AvgIpc) is 3.03. The van der Waals surface area contributed by atoms with Crippen LogP contribution in [0.2, 0.25) is 5.02 Å². The largest absolute Gasteiger partial charge is 0.482 e. The van der Waals surface area contributed by atoms with Crippen LogP contribution < -0.4 is 10.5 Å². The van der Waals surface area contributed by atoms with E-state index in [1.807, 2.05) is 0 Å². The molecule has 4 nitrogen and oxygen atoms in total. The number of nitrogens with zero attached hydrogens (tertiary/aromatic N) is 2. The van der Waals surface area contributed by atoms with Crippen molar-refractivity contribution < 1.29 is 4.74 Å². The molecule has 2 N–H and O–H groups in total. The summed E-state index contributed by atoms with van der Waals surface area (Å²) in [4.78, 5) is 2.48. The Labute approximate surface area is 165 Å². The molecule has 4 rings (SSSR count). The number of hydrogen-bond acceptors (Lipinski definition) is 4. The van der Waals surface area contributed by atoms with Gasteiger partial charge in [-0.25, -0.2) is 0 Å². The SMILES string of the molecule is Cc1cccc2c1C[C@H](N1CCC[C@@H](N)C1)[C@H]2Oc1ccc(C#N)cc1Cl. The van der Waals surface area contributed by atoms with Crippen LogP contribution in [0.1, 0.15) is 41.2 Å². The molecule has 0 saturated carbocycles. The fourth-order valence-electron chi connectivity index (χ4n) is 4.40. The number of piperidine rings is 1. The third-order valence-corrected chi connectivity index (χ3v) is 6.08. The molecule has 1 aliphatic carbocycles. The minimum atomic E-state index is -0.0874. The Kier molecular flexibility index (Phi) is 5.10. The second-order valence-corrected chi connectivity index (χ2v) is 8.01. The number of ether oxygens (including phenoxy) is 1. The van der Waals surface area contributed by atoms with Gasteiger partial charge in [-0.15, -0.1) is 0 Å². The van der Waals surface area contributed by atoms with Crippen molar-refractivity contribution in [2.24, 2.45) is 5.73 Å². The zero-order valence-corrected chi connectivity index (χ0v) is 16.2. The van der Waals surface area contributed by atoms with Crippen molar-refractivity contribution in [1.29, 1.82) is 5.26 Å². The van der Waals surface area contributed by atoms with Crippen molar-refractivity contribution in [3.8, 4) is 11.8 Å². The number of aryl methyl sites for hydroxylation is 1. The highest BCUT2D eigenvalue weighted by Gasteiger charge is 2.40. The van der Waals surface area contributed by atoms with Gasteiger partial charge in [0.25, 0.3) is 0 Å². The van der Waals surface area contributed by atoms with Crippen LogP contribution in [0.25, 0.3) is 0 Å². The molecule has 2 aromatic rings. The highest BCUT2D eigenvalue weighted by atomic mass is 35.5. The first-order valence-corrected chi connectivity index (χ1v) is 9.89. The minimum Gasteiger partial charge on any atom is -0.482 e. The zero-order chi connectivity index (χ0) is 19.0. The smallest absolute Gasteiger partial charge is 0.140 e. The molecule has 0 amide bonds. The molecular weight excluding hydrogens is 358 g/mol. The lowest BCUT2D eigenvalue weighted by Crippen LogP contribution is -2.49. The summed E-state index contributed by atoms with van der Waals surface area (Å²) in [6.07, 6.45) is 3.09. The molecule has 2 aromatic carbocycles. The zero-order valence-electron chi connectivity index (χ0n) is 15.5. The van der Waals surface area contributed by atoms with E-state index in [0.717, 1.165) is 32.4 Å². The maximum atomic E-state index is 9.07. The van der Waals surface area contributed by atoms with Gasteiger partial charge < -0.3 is 10.5 Å². The summed E-state index contributed by atoms with van der Waals surface area (Å²) in [6, 6.07) is 14.2. The van der Waals surface area contributed by atoms with Gasteiger partial charge in [-0.2, -0.15) is 5.26 Å². The van der Waals surface area contributed by atoms with Crippen molar-refractivity contribution in [1.82, 2.24) is 4.90 Å². The molecule has 1 fully saturated rings. The fraction of sp³-hybridized carbons (Fsp3) is 0.409. The van der Waals surface area contributed by atoms with Crippen LogP contribution in [0.5, 0.6) is 5.75 Å². The second-order valence-electron chi connectivity index (χ2n) is 7.61. The molecule has 5 heteroatoms. The normalized spacial score (nSPS) is 25.0. The first-order chi connectivity index (χ1) is 13.1. The molecule has 140 valence electrons. The van der Waals surface area contributed by atoms with E-state index in [0.29, 0.717) is 16.3 Å². The van der Waals surface area contributed by atoms with Crippen LogP contribution >= 0.6 is 11.6 Å². The van der Waals surface area contributed by atoms with E-state index in [1.54, 1.807) is 18.2 Å². The van der Waals surface area contributed by atoms with Crippen LogP contribution in [-0.2, 0) is 6.42 Å². The fourth-order valence-corrected chi connectivity index (χ4v) is 4.63. The van der Waals surface area contributed by atoms with E-state index < -0.39 is 0 Å². The van der Waals surface area contributed by atoms with E-state index >= 15 is 0 Å². The molecule has 3 atom stereocenters. The third-order valence-electron chi connectivity index (χ3n) is 5.79. The number of nitriles is 1. The summed E-state index contributed by atoms with van der Waals surface area (Å²) in [5, 5.41) is 9.54. The molecule has 1 saturated heterocycles. The predicted molar refractivity (Wildman–Crippen MR) is 107 cm³/mol. The quantitative estimate of drug-likeness (QED) is 0.873. The molecule has 0 bridgehead atoms. The first kappa shape index (κ1) is 18.3. The second kappa shape index (κ2) is 7.52. The van der Waals surface area contributed by atoms with Gasteiger partial charge >= 0.3 is 0 Å². The van der Waals surface area contributed by atoms with Gasteiger partial charge in [0.2, 0.25) is 0 Å². The Balaban J connectivity index is 1.68. The van der Waals surface area contributed by atoms with Crippen molar-refractivity contribution in [2.75, 3.05) is 13.1 Å². The van der Waals surface area contributed by atoms with Crippen LogP contribution in [0.15, 0.2) is 36.4 Å². The molecule has 27 heavy (non-hydrogen) atoms. The summed E-state index contributed by atoms with van der Waals surface area (Å²) in [5.41, 5.74) is 10.7. The van der Waals surface area contributed by atoms with Gasteiger partial charge in [0, 0.05) is 12.6 Å². The number of fused-ring (bicyclic) bond motifs is 1. The Bertz CT molecular complexity index is 892. The maximum Gasteiger partial charge on any atom is 0.140 e. The number of halogens is 1. The Morgan fingerprint density at radius 2 is 2.15 bits per heavy atom. The predicted octanol–water partition coefficient (Wildman–Crippen LogP) is 3.99. The molecular formula is C22H24ClN3O. The summed E-state index contributed by atoms with van der Waals surface area (Å²) >= 11 is 6.39. The van der Waals surface area contributed by atoms with E-state index in [-0.39, 0.29) is 18.2 Å². The van der Waals surface area contributed by atoms with E-state index in [4.69, 9.17) is 27.3 Å². The lowest BCUT2D eigenvalue weighted by molar-refractivity contribution is 0.0593. The summed E-state index contributed by atoms with van der Waals surface area (Å²) in [6.45, 7) is 4.11. The number of benzene rings is 2. The van der Waals surface area contributed by atoms with Gasteiger partial charge in [-0.1, -0.05) is 29.8 Å². The highest BCUT2D eigenvalue weighted by Crippen LogP contribution is 2.41. The van der Waals surface area contributed by atoms with Gasteiger partial charge in [-0.05, 0) is 67.6 Å². The molecule has 0 unspecified atom stereocenters. The van der Waals surface area contributed by atoms with Crippen molar-refractivity contribution in [3.63, 3.8) is 0 Å². The van der Waals surface area contributed by atoms with Gasteiger partial charge in [0.05, 0.1) is 22.7 Å². The maximum absolute atomic E-state index is 9.07. The van der Waals surface area contributed by atoms with Crippen LogP contribution in [-0.4, -0.2) is 30.1 Å². The Morgan fingerprint density at radius 1 is 1.30 bits per heavy atom. The van der Waals surface area contributed by atoms with Crippen molar-refractivity contribution in [2.45, 2.75) is 44.4 Å². The van der Waals surface area contributed by atoms with Crippen molar-refractivity contribution >= 4 is 11.6 Å². The average molecular weight is 382 g/mol. The number of rotatable bonds is 3. The summed E-state index contributed by atoms with van der Waals surface area (Å²) in [7, 11) is 0. The lowest BCUT2D eigenvalue weighted by atomic mass is 10.0. The minimum absolute atomic E-state index is 0.0874. The van der Waals surface area contributed by atoms with E-state index in [1.165, 1.54) is 16.7 Å². The lowest BCUT2D eigenvalue weighted by Gasteiger charge is -2.38. The molecule has 0 radical (unpaired) electrons. The third kappa shape index (κ3) is 3.55. The molecule has 1 heterocycles. The molecule has 2 aliphatic rings. The summed E-state index contributed by atoms with van der Waals surface area (Å²) < 4.78 is 6.46. The van der Waals surface area contributed by atoms with Gasteiger partial charge in [0.15, 0.2) is 0 Å². The number of hydrogen-bond donors (Lipinski definition) is 1. The standard InChI is InChI=1S/C22H24ClN3O/c1-14-4-2-6-17-18(14)11-20(26-9-3-5-16(25)13-26)22(17)27-21-8-7-15(12-24)10-19(21)23/h2,4,6-8,10,16,20,22H,3,5,9,11,13,25H2,1H3/t16-,20+,22+/m1/s1. The van der Waals surface area contributed by atoms with E-state index in [9.17, 15) is 0 Å². The summed E-state index contributed by atoms with van der Waals surface area (Å²) in [5.74, 6) is 0.626. The molecule has 1 aliphatic heterocycles. The van der Waals surface area contributed by atoms with Crippen molar-refractivity contribution in [3.05, 3.63) is 63.7 Å². The van der Waals surface area contributed by atoms with E-state index in [2.05, 4.69) is 36.1 Å². The topological polar surface area (TPSA) is 62.3 Å². The Hall–Kier alpha value is -2.06. The first-order valence-electron chi connectivity index (χ1n) is 9.51. The molecule has 0 spiro atoms. The van der Waals surface area contributed by atoms with Crippen LogP contribution in [0.4, 0.5) is 0 Å². The number of likely N-dealkylation sites (tertiary alicyclic amines) is 1. The van der Waals surface area contributed by atoms with Gasteiger partial charge in [-0.3, -0.25) is 4.90 Å². The number of nitrogens with two attached hydrogens (primary N) is 1.